The van der Waals surface area contributed by atoms with Gasteiger partial charge < -0.3 is 15.0 Å². The number of hydrogen-bond acceptors (Lipinski definition) is 3. The fraction of sp³-hybridized carbons (Fsp3) is 0.600. The lowest BCUT2D eigenvalue weighted by Crippen LogP contribution is -2.31. The van der Waals surface area contributed by atoms with Gasteiger partial charge in [0.25, 0.3) is 0 Å². The van der Waals surface area contributed by atoms with Gasteiger partial charge in [0, 0.05) is 18.7 Å². The molecule has 1 aliphatic rings. The number of carbonyl (C=O) groups excluding carboxylic acids is 2. The van der Waals surface area contributed by atoms with Crippen LogP contribution in [-0.2, 0) is 9.53 Å². The monoisotopic (exact) mass is 214 g/mol. The summed E-state index contributed by atoms with van der Waals surface area (Å²) in [5.74, 6) is -0.412. The number of rotatable bonds is 4. The van der Waals surface area contributed by atoms with Gasteiger partial charge in [-0.15, -0.1) is 0 Å². The number of ether oxygens (including phenoxy) is 1. The molecule has 1 heterocycles. The van der Waals surface area contributed by atoms with Gasteiger partial charge in [-0.3, -0.25) is 0 Å². The van der Waals surface area contributed by atoms with E-state index in [-0.39, 0.29) is 20.1 Å². The van der Waals surface area contributed by atoms with Gasteiger partial charge in [-0.2, -0.15) is 0 Å². The van der Waals surface area contributed by atoms with Crippen LogP contribution in [0.2, 0.25) is 0 Å². The van der Waals surface area contributed by atoms with Crippen molar-refractivity contribution < 1.29 is 14.3 Å². The van der Waals surface area contributed by atoms with E-state index in [9.17, 15) is 9.59 Å². The second-order valence-corrected chi connectivity index (χ2v) is 3.14. The van der Waals surface area contributed by atoms with Gasteiger partial charge in [0.05, 0.1) is 6.54 Å². The molecule has 1 aliphatic heterocycles. The summed E-state index contributed by atoms with van der Waals surface area (Å²) in [7, 11) is 0. The van der Waals surface area contributed by atoms with E-state index in [1.807, 2.05) is 0 Å². The normalized spacial score (nSPS) is 14.2. The molecule has 2 amide bonds. The van der Waals surface area contributed by atoms with E-state index in [0.29, 0.717) is 25.2 Å². The van der Waals surface area contributed by atoms with Crippen molar-refractivity contribution in [3.63, 3.8) is 0 Å². The number of urea groups is 1. The molecule has 1 fully saturated rings. The smallest absolute Gasteiger partial charge is 0.333 e. The Morgan fingerprint density at radius 1 is 1.67 bits per heavy atom. The third-order valence-electron chi connectivity index (χ3n) is 1.89. The van der Waals surface area contributed by atoms with Crippen LogP contribution < -0.4 is 5.32 Å². The highest BCUT2D eigenvalue weighted by atomic mass is 16.5. The summed E-state index contributed by atoms with van der Waals surface area (Å²) in [4.78, 5) is 23.6. The third kappa shape index (κ3) is 4.01. The van der Waals surface area contributed by atoms with Gasteiger partial charge >= 0.3 is 12.0 Å². The van der Waals surface area contributed by atoms with Crippen LogP contribution in [-0.4, -0.2) is 43.1 Å². The molecule has 0 bridgehead atoms. The minimum absolute atomic E-state index is 0. The van der Waals surface area contributed by atoms with Crippen molar-refractivity contribution in [3.05, 3.63) is 12.2 Å². The van der Waals surface area contributed by atoms with Crippen molar-refractivity contribution in [1.82, 2.24) is 10.2 Å². The van der Waals surface area contributed by atoms with Crippen LogP contribution in [0.4, 0.5) is 4.79 Å². The quantitative estimate of drug-likeness (QED) is 0.555. The minimum atomic E-state index is -0.412. The van der Waals surface area contributed by atoms with Crippen LogP contribution in [0.3, 0.4) is 0 Å². The predicted octanol–water partition coefficient (Wildman–Crippen LogP) is 0.767. The van der Waals surface area contributed by atoms with Crippen LogP contribution in [0.25, 0.3) is 0 Å². The molecule has 0 unspecified atom stereocenters. The van der Waals surface area contributed by atoms with Crippen molar-refractivity contribution >= 4 is 12.0 Å². The van der Waals surface area contributed by atoms with Crippen molar-refractivity contribution in [2.75, 3.05) is 26.2 Å². The van der Waals surface area contributed by atoms with Crippen molar-refractivity contribution in [2.45, 2.75) is 14.4 Å². The summed E-state index contributed by atoms with van der Waals surface area (Å²) in [5.41, 5.74) is 0.371. The van der Waals surface area contributed by atoms with Crippen LogP contribution in [0, 0.1) is 0 Å². The first kappa shape index (κ1) is 13.5. The molecule has 0 radical (unpaired) electrons. The summed E-state index contributed by atoms with van der Waals surface area (Å²) >= 11 is 0. The summed E-state index contributed by atoms with van der Waals surface area (Å²) in [6.45, 7) is 7.03. The lowest BCUT2D eigenvalue weighted by Gasteiger charge is -2.13. The first-order valence-electron chi connectivity index (χ1n) is 4.46. The number of carbonyl (C=O) groups is 2. The highest BCUT2D eigenvalue weighted by Crippen LogP contribution is 1.97. The Balaban J connectivity index is 0.00000196. The summed E-state index contributed by atoms with van der Waals surface area (Å²) < 4.78 is 4.85. The Morgan fingerprint density at radius 3 is 2.80 bits per heavy atom. The van der Waals surface area contributed by atoms with Crippen molar-refractivity contribution in [3.8, 4) is 0 Å². The van der Waals surface area contributed by atoms with E-state index in [1.54, 1.807) is 11.8 Å². The Hall–Kier alpha value is -1.52. The lowest BCUT2D eigenvalue weighted by atomic mass is 10.4. The fourth-order valence-corrected chi connectivity index (χ4v) is 1.10. The van der Waals surface area contributed by atoms with Crippen LogP contribution in [0.5, 0.6) is 0 Å². The Kier molecular flexibility index (Phi) is 5.44. The minimum Gasteiger partial charge on any atom is -0.460 e. The maximum atomic E-state index is 11.0. The average molecular weight is 214 g/mol. The second kappa shape index (κ2) is 6.06. The van der Waals surface area contributed by atoms with Gasteiger partial charge in [0.1, 0.15) is 6.61 Å². The molecule has 0 aromatic heterocycles. The Labute approximate surface area is 90.1 Å². The lowest BCUT2D eigenvalue weighted by molar-refractivity contribution is -0.139. The number of hydrogen-bond donors (Lipinski definition) is 1. The molecule has 0 atom stereocenters. The van der Waals surface area contributed by atoms with E-state index in [1.165, 1.54) is 0 Å². The van der Waals surface area contributed by atoms with Gasteiger partial charge in [-0.1, -0.05) is 14.0 Å². The molecule has 0 aromatic rings. The maximum absolute atomic E-state index is 11.0. The van der Waals surface area contributed by atoms with Gasteiger partial charge in [0.15, 0.2) is 0 Å². The molecular weight excluding hydrogens is 196 g/mol. The molecule has 0 aromatic carbocycles. The first-order valence-corrected chi connectivity index (χ1v) is 4.46. The molecule has 1 rings (SSSR count). The molecule has 0 saturated carbocycles. The van der Waals surface area contributed by atoms with Gasteiger partial charge in [-0.25, -0.2) is 9.59 Å². The SMILES string of the molecule is C.C=C(C)C(=O)OCCN1CCNC1=O. The standard InChI is InChI=1S/C9H14N2O3.CH4/c1-7(2)8(12)14-6-5-11-4-3-10-9(11)13;/h1,3-6H2,2H3,(H,10,13);1H4. The number of esters is 1. The third-order valence-corrected chi connectivity index (χ3v) is 1.89. The number of nitrogens with one attached hydrogen (secondary N) is 1. The van der Waals surface area contributed by atoms with E-state index >= 15 is 0 Å². The largest absolute Gasteiger partial charge is 0.460 e. The maximum Gasteiger partial charge on any atom is 0.333 e. The molecule has 5 heteroatoms. The van der Waals surface area contributed by atoms with Crippen LogP contribution in [0.1, 0.15) is 14.4 Å². The molecule has 86 valence electrons. The molecule has 5 nitrogen and oxygen atoms in total. The summed E-state index contributed by atoms with van der Waals surface area (Å²) in [6, 6.07) is -0.101. The zero-order chi connectivity index (χ0) is 10.6. The molecular formula is C10H18N2O3. The summed E-state index contributed by atoms with van der Waals surface area (Å²) in [6.07, 6.45) is 0. The van der Waals surface area contributed by atoms with E-state index in [2.05, 4.69) is 11.9 Å². The summed E-state index contributed by atoms with van der Waals surface area (Å²) in [5, 5.41) is 2.66. The molecule has 0 aliphatic carbocycles. The number of amides is 2. The van der Waals surface area contributed by atoms with E-state index < -0.39 is 5.97 Å². The number of nitrogens with zero attached hydrogens (tertiary/aromatic N) is 1. The van der Waals surface area contributed by atoms with Crippen molar-refractivity contribution in [1.29, 1.82) is 0 Å². The molecule has 1 saturated heterocycles. The zero-order valence-electron chi connectivity index (χ0n) is 8.21. The van der Waals surface area contributed by atoms with Gasteiger partial charge in [0.2, 0.25) is 0 Å². The highest BCUT2D eigenvalue weighted by molar-refractivity contribution is 5.86. The van der Waals surface area contributed by atoms with E-state index in [0.717, 1.165) is 0 Å². The average Bonchev–Trinajstić information content (AvgIpc) is 2.51. The van der Waals surface area contributed by atoms with Crippen LogP contribution >= 0.6 is 0 Å². The van der Waals surface area contributed by atoms with Crippen molar-refractivity contribution in [2.24, 2.45) is 0 Å². The van der Waals surface area contributed by atoms with Gasteiger partial charge in [-0.05, 0) is 6.92 Å². The molecule has 15 heavy (non-hydrogen) atoms. The predicted molar refractivity (Wildman–Crippen MR) is 57.5 cm³/mol. The molecule has 1 N–H and O–H groups in total. The first-order chi connectivity index (χ1) is 6.61. The van der Waals surface area contributed by atoms with E-state index in [4.69, 9.17) is 4.74 Å². The fourth-order valence-electron chi connectivity index (χ4n) is 1.10. The van der Waals surface area contributed by atoms with Crippen LogP contribution in [0.15, 0.2) is 12.2 Å². The topological polar surface area (TPSA) is 58.6 Å². The zero-order valence-corrected chi connectivity index (χ0v) is 8.21. The highest BCUT2D eigenvalue weighted by Gasteiger charge is 2.18. The molecule has 0 spiro atoms. The Morgan fingerprint density at radius 2 is 2.33 bits per heavy atom. The Bertz CT molecular complexity index is 263. The second-order valence-electron chi connectivity index (χ2n) is 3.14.